The normalized spacial score (nSPS) is 11.1. The van der Waals surface area contributed by atoms with Crippen molar-refractivity contribution in [1.29, 1.82) is 0 Å². The quantitative estimate of drug-likeness (QED) is 0.556. The molecule has 1 rings (SSSR count). The highest BCUT2D eigenvalue weighted by atomic mass is 32.2. The van der Waals surface area contributed by atoms with Crippen LogP contribution in [0.2, 0.25) is 0 Å². The van der Waals surface area contributed by atoms with Gasteiger partial charge in [-0.15, -0.1) is 0 Å². The predicted octanol–water partition coefficient (Wildman–Crippen LogP) is 3.79. The Hall–Kier alpha value is -1.14. The SMILES string of the molecule is CC(C)COCCCNC(=O)c1ccc(SC(F)F)cc1. The molecule has 0 aliphatic rings. The summed E-state index contributed by atoms with van der Waals surface area (Å²) >= 11 is 0.466. The van der Waals surface area contributed by atoms with E-state index in [2.05, 4.69) is 19.2 Å². The molecule has 0 bridgehead atoms. The second kappa shape index (κ2) is 9.73. The van der Waals surface area contributed by atoms with Crippen LogP contribution in [-0.2, 0) is 4.74 Å². The number of hydrogen-bond donors (Lipinski definition) is 1. The Bertz CT molecular complexity index is 424. The number of thioether (sulfide) groups is 1. The van der Waals surface area contributed by atoms with Crippen LogP contribution in [0.15, 0.2) is 29.2 Å². The molecular formula is C15H21F2NO2S. The minimum Gasteiger partial charge on any atom is -0.381 e. The highest BCUT2D eigenvalue weighted by molar-refractivity contribution is 7.99. The average molecular weight is 317 g/mol. The van der Waals surface area contributed by atoms with Gasteiger partial charge in [-0.1, -0.05) is 25.6 Å². The highest BCUT2D eigenvalue weighted by Gasteiger charge is 2.08. The lowest BCUT2D eigenvalue weighted by Crippen LogP contribution is -2.25. The van der Waals surface area contributed by atoms with Crippen LogP contribution in [0.1, 0.15) is 30.6 Å². The third kappa shape index (κ3) is 8.02. The average Bonchev–Trinajstić information content (AvgIpc) is 2.42. The van der Waals surface area contributed by atoms with Crippen LogP contribution in [-0.4, -0.2) is 31.4 Å². The van der Waals surface area contributed by atoms with E-state index in [1.165, 1.54) is 12.1 Å². The summed E-state index contributed by atoms with van der Waals surface area (Å²) < 4.78 is 29.7. The van der Waals surface area contributed by atoms with Crippen molar-refractivity contribution in [3.8, 4) is 0 Å². The van der Waals surface area contributed by atoms with Crippen LogP contribution in [0, 0.1) is 5.92 Å². The molecule has 1 N–H and O–H groups in total. The van der Waals surface area contributed by atoms with Crippen molar-refractivity contribution in [1.82, 2.24) is 5.32 Å². The molecule has 6 heteroatoms. The van der Waals surface area contributed by atoms with Crippen LogP contribution in [0.5, 0.6) is 0 Å². The third-order valence-electron chi connectivity index (χ3n) is 2.54. The standard InChI is InChI=1S/C15H21F2NO2S/c1-11(2)10-20-9-3-8-18-14(19)12-4-6-13(7-5-12)21-15(16)17/h4-7,11,15H,3,8-10H2,1-2H3,(H,18,19). The lowest BCUT2D eigenvalue weighted by atomic mass is 10.2. The zero-order valence-corrected chi connectivity index (χ0v) is 13.1. The van der Waals surface area contributed by atoms with Gasteiger partial charge in [-0.3, -0.25) is 4.79 Å². The molecule has 21 heavy (non-hydrogen) atoms. The number of halogens is 2. The number of alkyl halides is 2. The van der Waals surface area contributed by atoms with Crippen molar-refractivity contribution < 1.29 is 18.3 Å². The first kappa shape index (κ1) is 17.9. The van der Waals surface area contributed by atoms with Gasteiger partial charge in [0.15, 0.2) is 0 Å². The Balaban J connectivity index is 2.25. The summed E-state index contributed by atoms with van der Waals surface area (Å²) in [7, 11) is 0. The number of ether oxygens (including phenoxy) is 1. The lowest BCUT2D eigenvalue weighted by molar-refractivity contribution is 0.0925. The van der Waals surface area contributed by atoms with Crippen LogP contribution in [0.3, 0.4) is 0 Å². The summed E-state index contributed by atoms with van der Waals surface area (Å²) in [5.74, 6) is -2.15. The molecule has 1 aromatic carbocycles. The first-order chi connectivity index (χ1) is 9.99. The zero-order valence-electron chi connectivity index (χ0n) is 12.3. The largest absolute Gasteiger partial charge is 0.381 e. The molecule has 0 aromatic heterocycles. The van der Waals surface area contributed by atoms with E-state index in [1.807, 2.05) is 0 Å². The topological polar surface area (TPSA) is 38.3 Å². The van der Waals surface area contributed by atoms with E-state index < -0.39 is 5.76 Å². The number of hydrogen-bond acceptors (Lipinski definition) is 3. The summed E-state index contributed by atoms with van der Waals surface area (Å²) in [5.41, 5.74) is 0.469. The second-order valence-corrected chi connectivity index (χ2v) is 6.04. The van der Waals surface area contributed by atoms with Gasteiger partial charge in [-0.25, -0.2) is 0 Å². The minimum atomic E-state index is -2.45. The van der Waals surface area contributed by atoms with Crippen molar-refractivity contribution in [2.24, 2.45) is 5.92 Å². The van der Waals surface area contributed by atoms with Crippen molar-refractivity contribution >= 4 is 17.7 Å². The fourth-order valence-corrected chi connectivity index (χ4v) is 2.08. The highest BCUT2D eigenvalue weighted by Crippen LogP contribution is 2.25. The monoisotopic (exact) mass is 317 g/mol. The molecule has 118 valence electrons. The number of amides is 1. The molecule has 0 fully saturated rings. The van der Waals surface area contributed by atoms with E-state index in [0.717, 1.165) is 13.0 Å². The fourth-order valence-electron chi connectivity index (χ4n) is 1.58. The van der Waals surface area contributed by atoms with Gasteiger partial charge in [-0.05, 0) is 36.6 Å². The van der Waals surface area contributed by atoms with Gasteiger partial charge in [0, 0.05) is 30.2 Å². The molecule has 0 unspecified atom stereocenters. The molecule has 1 aromatic rings. The number of benzene rings is 1. The molecule has 0 atom stereocenters. The molecular weight excluding hydrogens is 296 g/mol. The minimum absolute atomic E-state index is 0.201. The Morgan fingerprint density at radius 1 is 1.29 bits per heavy atom. The molecule has 0 radical (unpaired) electrons. The Labute approximate surface area is 128 Å². The summed E-state index contributed by atoms with van der Waals surface area (Å²) in [6, 6.07) is 6.15. The van der Waals surface area contributed by atoms with E-state index >= 15 is 0 Å². The van der Waals surface area contributed by atoms with E-state index in [-0.39, 0.29) is 5.91 Å². The molecule has 0 saturated heterocycles. The van der Waals surface area contributed by atoms with Crippen molar-refractivity contribution in [3.63, 3.8) is 0 Å². The predicted molar refractivity (Wildman–Crippen MR) is 80.9 cm³/mol. The fraction of sp³-hybridized carbons (Fsp3) is 0.533. The summed E-state index contributed by atoms with van der Waals surface area (Å²) in [5, 5.41) is 2.77. The molecule has 3 nitrogen and oxygen atoms in total. The first-order valence-electron chi connectivity index (χ1n) is 6.90. The number of carbonyl (C=O) groups is 1. The maximum atomic E-state index is 12.2. The first-order valence-corrected chi connectivity index (χ1v) is 7.78. The molecule has 0 aliphatic carbocycles. The summed E-state index contributed by atoms with van der Waals surface area (Å²) in [6.07, 6.45) is 0.748. The van der Waals surface area contributed by atoms with Crippen molar-refractivity contribution in [3.05, 3.63) is 29.8 Å². The van der Waals surface area contributed by atoms with Crippen LogP contribution >= 0.6 is 11.8 Å². The van der Waals surface area contributed by atoms with Gasteiger partial charge >= 0.3 is 0 Å². The van der Waals surface area contributed by atoms with Gasteiger partial charge in [0.2, 0.25) is 0 Å². The smallest absolute Gasteiger partial charge is 0.288 e. The Morgan fingerprint density at radius 3 is 2.52 bits per heavy atom. The molecule has 0 spiro atoms. The van der Waals surface area contributed by atoms with E-state index in [9.17, 15) is 13.6 Å². The van der Waals surface area contributed by atoms with E-state index in [1.54, 1.807) is 12.1 Å². The summed E-state index contributed by atoms with van der Waals surface area (Å²) in [6.45, 7) is 6.03. The van der Waals surface area contributed by atoms with E-state index in [0.29, 0.717) is 41.3 Å². The van der Waals surface area contributed by atoms with Gasteiger partial charge in [-0.2, -0.15) is 8.78 Å². The number of rotatable bonds is 9. The van der Waals surface area contributed by atoms with Gasteiger partial charge in [0.05, 0.1) is 0 Å². The lowest BCUT2D eigenvalue weighted by Gasteiger charge is -2.08. The maximum Gasteiger partial charge on any atom is 0.288 e. The second-order valence-electron chi connectivity index (χ2n) is 4.98. The number of carbonyl (C=O) groups excluding carboxylic acids is 1. The zero-order chi connectivity index (χ0) is 15.7. The third-order valence-corrected chi connectivity index (χ3v) is 3.27. The molecule has 0 heterocycles. The Morgan fingerprint density at radius 2 is 1.95 bits per heavy atom. The van der Waals surface area contributed by atoms with Gasteiger partial charge in [0.1, 0.15) is 0 Å². The van der Waals surface area contributed by atoms with Crippen LogP contribution in [0.4, 0.5) is 8.78 Å². The molecule has 0 aliphatic heterocycles. The van der Waals surface area contributed by atoms with Crippen LogP contribution < -0.4 is 5.32 Å². The number of nitrogens with one attached hydrogen (secondary N) is 1. The molecule has 0 saturated carbocycles. The van der Waals surface area contributed by atoms with Crippen LogP contribution in [0.25, 0.3) is 0 Å². The summed E-state index contributed by atoms with van der Waals surface area (Å²) in [4.78, 5) is 12.3. The van der Waals surface area contributed by atoms with E-state index in [4.69, 9.17) is 4.74 Å². The molecule has 1 amide bonds. The van der Waals surface area contributed by atoms with Crippen molar-refractivity contribution in [2.75, 3.05) is 19.8 Å². The van der Waals surface area contributed by atoms with Gasteiger partial charge in [0.25, 0.3) is 11.7 Å². The van der Waals surface area contributed by atoms with Gasteiger partial charge < -0.3 is 10.1 Å². The Kier molecular flexibility index (Phi) is 8.30. The maximum absolute atomic E-state index is 12.2. The van der Waals surface area contributed by atoms with Crippen molar-refractivity contribution in [2.45, 2.75) is 30.9 Å².